The van der Waals surface area contributed by atoms with Crippen LogP contribution in [-0.2, 0) is 25.2 Å². The van der Waals surface area contributed by atoms with Crippen molar-refractivity contribution in [3.63, 3.8) is 0 Å². The van der Waals surface area contributed by atoms with Gasteiger partial charge < -0.3 is 14.4 Å². The van der Waals surface area contributed by atoms with Gasteiger partial charge in [-0.2, -0.15) is 13.2 Å². The number of esters is 2. The minimum atomic E-state index is -4.76. The molecule has 1 heterocycles. The van der Waals surface area contributed by atoms with E-state index in [-0.39, 0.29) is 16.3 Å². The summed E-state index contributed by atoms with van der Waals surface area (Å²) >= 11 is 12.0. The number of halogens is 5. The molecule has 0 aromatic heterocycles. The summed E-state index contributed by atoms with van der Waals surface area (Å²) < 4.78 is 49.0. The third kappa shape index (κ3) is 4.12. The van der Waals surface area contributed by atoms with Gasteiger partial charge in [-0.15, -0.1) is 0 Å². The summed E-state index contributed by atoms with van der Waals surface area (Å²) in [4.78, 5) is 25.4. The number of anilines is 1. The predicted octanol–water partition coefficient (Wildman–Crippen LogP) is 4.50. The SMILES string of the molecule is COC(=O)C1=C(C(=O)OC)N(c2c(Cl)ccc(C(F)(F)F)c2Cl)C=CC=C1. The highest BCUT2D eigenvalue weighted by Gasteiger charge is 2.37. The first-order valence-electron chi connectivity index (χ1n) is 7.23. The fraction of sp³-hybridized carbons (Fsp3) is 0.176. The summed E-state index contributed by atoms with van der Waals surface area (Å²) in [5, 5.41) is -0.919. The maximum atomic E-state index is 13.2. The maximum absolute atomic E-state index is 13.2. The van der Waals surface area contributed by atoms with E-state index in [2.05, 4.69) is 9.47 Å². The molecule has 0 amide bonds. The van der Waals surface area contributed by atoms with E-state index in [0.717, 1.165) is 31.3 Å². The van der Waals surface area contributed by atoms with E-state index in [0.29, 0.717) is 0 Å². The summed E-state index contributed by atoms with van der Waals surface area (Å²) in [7, 11) is 2.14. The molecule has 0 radical (unpaired) electrons. The minimum absolute atomic E-state index is 0.176. The van der Waals surface area contributed by atoms with Crippen molar-refractivity contribution in [2.75, 3.05) is 19.1 Å². The standard InChI is InChI=1S/C17H12Cl2F3NO4/c1-26-15(24)9-5-3-4-8-23(13(9)16(25)27-2)14-11(18)7-6-10(12(14)19)17(20,21)22/h3-8H,1-2H3. The number of hydrogen-bond acceptors (Lipinski definition) is 5. The lowest BCUT2D eigenvalue weighted by Gasteiger charge is -2.26. The molecule has 144 valence electrons. The number of benzene rings is 1. The zero-order chi connectivity index (χ0) is 20.4. The van der Waals surface area contributed by atoms with Gasteiger partial charge >= 0.3 is 18.1 Å². The van der Waals surface area contributed by atoms with Crippen LogP contribution in [0.15, 0.2) is 47.8 Å². The minimum Gasteiger partial charge on any atom is -0.465 e. The molecule has 5 nitrogen and oxygen atoms in total. The van der Waals surface area contributed by atoms with Gasteiger partial charge in [0.05, 0.1) is 41.1 Å². The molecule has 0 aliphatic carbocycles. The zero-order valence-corrected chi connectivity index (χ0v) is 15.4. The van der Waals surface area contributed by atoms with Gasteiger partial charge in [0.2, 0.25) is 0 Å². The number of nitrogens with zero attached hydrogens (tertiary/aromatic N) is 1. The Labute approximate surface area is 162 Å². The number of carbonyl (C=O) groups excluding carboxylic acids is 2. The quantitative estimate of drug-likeness (QED) is 0.672. The number of rotatable bonds is 3. The molecule has 0 N–H and O–H groups in total. The number of alkyl halides is 3. The number of hydrogen-bond donors (Lipinski definition) is 0. The molecule has 0 bridgehead atoms. The summed E-state index contributed by atoms with van der Waals surface area (Å²) in [6, 6.07) is 1.71. The van der Waals surface area contributed by atoms with Crippen LogP contribution in [0.5, 0.6) is 0 Å². The van der Waals surface area contributed by atoms with Crippen molar-refractivity contribution in [3.8, 4) is 0 Å². The van der Waals surface area contributed by atoms with Gasteiger partial charge in [0, 0.05) is 6.20 Å². The second-order valence-corrected chi connectivity index (χ2v) is 5.86. The second-order valence-electron chi connectivity index (χ2n) is 5.07. The highest BCUT2D eigenvalue weighted by atomic mass is 35.5. The first-order chi connectivity index (χ1) is 12.6. The van der Waals surface area contributed by atoms with Gasteiger partial charge in [0.15, 0.2) is 0 Å². The molecule has 0 unspecified atom stereocenters. The van der Waals surface area contributed by atoms with Crippen LogP contribution in [0.4, 0.5) is 18.9 Å². The van der Waals surface area contributed by atoms with Crippen LogP contribution in [0.25, 0.3) is 0 Å². The second kappa shape index (κ2) is 8.06. The smallest absolute Gasteiger partial charge is 0.417 e. The van der Waals surface area contributed by atoms with E-state index >= 15 is 0 Å². The normalized spacial score (nSPS) is 14.3. The van der Waals surface area contributed by atoms with Crippen LogP contribution in [0.1, 0.15) is 5.56 Å². The van der Waals surface area contributed by atoms with Crippen LogP contribution < -0.4 is 4.90 Å². The van der Waals surface area contributed by atoms with Crippen molar-refractivity contribution in [1.82, 2.24) is 0 Å². The van der Waals surface area contributed by atoms with E-state index in [1.54, 1.807) is 0 Å². The Bertz CT molecular complexity index is 876. The molecule has 1 aromatic carbocycles. The average Bonchev–Trinajstić information content (AvgIpc) is 2.82. The Hall–Kier alpha value is -2.45. The lowest BCUT2D eigenvalue weighted by atomic mass is 10.1. The fourth-order valence-electron chi connectivity index (χ4n) is 2.32. The van der Waals surface area contributed by atoms with Crippen LogP contribution in [0.3, 0.4) is 0 Å². The molecule has 27 heavy (non-hydrogen) atoms. The molecule has 0 fully saturated rings. The van der Waals surface area contributed by atoms with Crippen LogP contribution >= 0.6 is 23.2 Å². The predicted molar refractivity (Wildman–Crippen MR) is 93.3 cm³/mol. The van der Waals surface area contributed by atoms with Gasteiger partial charge in [0.25, 0.3) is 0 Å². The van der Waals surface area contributed by atoms with Crippen molar-refractivity contribution in [3.05, 3.63) is 63.4 Å². The molecule has 0 spiro atoms. The Morgan fingerprint density at radius 3 is 2.22 bits per heavy atom. The molecule has 1 aromatic rings. The first-order valence-corrected chi connectivity index (χ1v) is 7.99. The van der Waals surface area contributed by atoms with Crippen molar-refractivity contribution < 1.29 is 32.2 Å². The summed E-state index contributed by atoms with van der Waals surface area (Å²) in [6.07, 6.45) is 0.497. The molecule has 1 aliphatic rings. The molecule has 10 heteroatoms. The van der Waals surface area contributed by atoms with Gasteiger partial charge in [-0.25, -0.2) is 9.59 Å². The summed E-state index contributed by atoms with van der Waals surface area (Å²) in [5.74, 6) is -1.91. The Kier molecular flexibility index (Phi) is 6.22. The number of ether oxygens (including phenoxy) is 2. The molecular weight excluding hydrogens is 410 g/mol. The van der Waals surface area contributed by atoms with E-state index in [9.17, 15) is 22.8 Å². The van der Waals surface area contributed by atoms with Gasteiger partial charge in [-0.3, -0.25) is 0 Å². The van der Waals surface area contributed by atoms with Crippen molar-refractivity contribution >= 4 is 40.8 Å². The van der Waals surface area contributed by atoms with E-state index in [1.807, 2.05) is 0 Å². The average molecular weight is 422 g/mol. The van der Waals surface area contributed by atoms with Crippen LogP contribution in [0, 0.1) is 0 Å². The lowest BCUT2D eigenvalue weighted by molar-refractivity contribution is -0.139. The Balaban J connectivity index is 2.83. The lowest BCUT2D eigenvalue weighted by Crippen LogP contribution is -2.27. The molecular formula is C17H12Cl2F3NO4. The monoisotopic (exact) mass is 421 g/mol. The first kappa shape index (κ1) is 20.9. The molecule has 2 rings (SSSR count). The topological polar surface area (TPSA) is 55.8 Å². The fourth-order valence-corrected chi connectivity index (χ4v) is 2.98. The third-order valence-electron chi connectivity index (χ3n) is 3.50. The van der Waals surface area contributed by atoms with E-state index in [1.165, 1.54) is 24.4 Å². The third-order valence-corrected chi connectivity index (χ3v) is 4.19. The molecule has 0 saturated carbocycles. The Morgan fingerprint density at radius 2 is 1.67 bits per heavy atom. The largest absolute Gasteiger partial charge is 0.465 e. The highest BCUT2D eigenvalue weighted by molar-refractivity contribution is 6.40. The van der Waals surface area contributed by atoms with Crippen molar-refractivity contribution in [2.24, 2.45) is 0 Å². The van der Waals surface area contributed by atoms with Crippen LogP contribution in [-0.4, -0.2) is 26.2 Å². The number of methoxy groups -OCH3 is 2. The molecule has 1 aliphatic heterocycles. The summed E-state index contributed by atoms with van der Waals surface area (Å²) in [5.41, 5.74) is -2.15. The van der Waals surface area contributed by atoms with Gasteiger partial charge in [-0.1, -0.05) is 29.3 Å². The van der Waals surface area contributed by atoms with Crippen LogP contribution in [0.2, 0.25) is 10.0 Å². The van der Waals surface area contributed by atoms with Gasteiger partial charge in [-0.05, 0) is 24.3 Å². The highest BCUT2D eigenvalue weighted by Crippen LogP contribution is 2.45. The molecule has 0 atom stereocenters. The number of allylic oxidation sites excluding steroid dienone is 2. The molecule has 0 saturated heterocycles. The van der Waals surface area contributed by atoms with Crippen molar-refractivity contribution in [2.45, 2.75) is 6.18 Å². The summed E-state index contributed by atoms with van der Waals surface area (Å²) in [6.45, 7) is 0. The Morgan fingerprint density at radius 1 is 1.04 bits per heavy atom. The van der Waals surface area contributed by atoms with E-state index < -0.39 is 34.4 Å². The van der Waals surface area contributed by atoms with Gasteiger partial charge in [0.1, 0.15) is 5.70 Å². The number of carbonyl (C=O) groups is 2. The van der Waals surface area contributed by atoms with E-state index in [4.69, 9.17) is 23.2 Å². The van der Waals surface area contributed by atoms with Crippen molar-refractivity contribution in [1.29, 1.82) is 0 Å². The zero-order valence-electron chi connectivity index (χ0n) is 13.9. The maximum Gasteiger partial charge on any atom is 0.417 e.